The molecule has 1 aromatic carbocycles. The van der Waals surface area contributed by atoms with Crippen LogP contribution in [0.5, 0.6) is 11.5 Å². The molecule has 0 radical (unpaired) electrons. The standard InChI is InChI=1S/C17H22N2O5/c1-3-23-15-7-12-6-10(2)24-14(12)8-13(15)18-17(22)19-5-4-11(9-19)16(20)21/h7-8,10-11H,3-6,9H2,1-2H3,(H,18,22)(H,20,21). The predicted molar refractivity (Wildman–Crippen MR) is 87.7 cm³/mol. The van der Waals surface area contributed by atoms with Gasteiger partial charge in [0.05, 0.1) is 18.2 Å². The first-order chi connectivity index (χ1) is 11.5. The van der Waals surface area contributed by atoms with Gasteiger partial charge in [-0.15, -0.1) is 0 Å². The number of amides is 2. The Bertz CT molecular complexity index is 661. The molecule has 130 valence electrons. The number of nitrogens with zero attached hydrogens (tertiary/aromatic N) is 1. The van der Waals surface area contributed by atoms with Gasteiger partial charge in [0.25, 0.3) is 0 Å². The molecule has 7 heteroatoms. The molecule has 2 unspecified atom stereocenters. The molecule has 2 aliphatic heterocycles. The van der Waals surface area contributed by atoms with Crippen molar-refractivity contribution in [2.75, 3.05) is 25.0 Å². The summed E-state index contributed by atoms with van der Waals surface area (Å²) in [6.45, 7) is 5.03. The van der Waals surface area contributed by atoms with Crippen molar-refractivity contribution in [3.05, 3.63) is 17.7 Å². The number of hydrogen-bond donors (Lipinski definition) is 2. The van der Waals surface area contributed by atoms with Crippen molar-refractivity contribution in [3.63, 3.8) is 0 Å². The van der Waals surface area contributed by atoms with E-state index in [-0.39, 0.29) is 18.7 Å². The molecule has 3 rings (SSSR count). The van der Waals surface area contributed by atoms with Crippen molar-refractivity contribution in [3.8, 4) is 11.5 Å². The van der Waals surface area contributed by atoms with Crippen LogP contribution in [0.25, 0.3) is 0 Å². The van der Waals surface area contributed by atoms with Crippen LogP contribution in [0, 0.1) is 5.92 Å². The minimum atomic E-state index is -0.861. The number of carbonyl (C=O) groups is 2. The van der Waals surface area contributed by atoms with Crippen molar-refractivity contribution >= 4 is 17.7 Å². The summed E-state index contributed by atoms with van der Waals surface area (Å²) in [4.78, 5) is 25.0. The molecule has 1 saturated heterocycles. The van der Waals surface area contributed by atoms with Crippen LogP contribution >= 0.6 is 0 Å². The molecular weight excluding hydrogens is 312 g/mol. The Morgan fingerprint density at radius 2 is 2.25 bits per heavy atom. The normalized spacial score (nSPS) is 22.0. The highest BCUT2D eigenvalue weighted by molar-refractivity contribution is 5.92. The molecule has 2 N–H and O–H groups in total. The molecule has 2 atom stereocenters. The van der Waals surface area contributed by atoms with Crippen LogP contribution in [0.15, 0.2) is 12.1 Å². The number of aliphatic carboxylic acids is 1. The number of urea groups is 1. The summed E-state index contributed by atoms with van der Waals surface area (Å²) in [6, 6.07) is 3.37. The van der Waals surface area contributed by atoms with E-state index in [0.29, 0.717) is 31.0 Å². The lowest BCUT2D eigenvalue weighted by atomic mass is 10.1. The van der Waals surface area contributed by atoms with E-state index >= 15 is 0 Å². The Morgan fingerprint density at radius 3 is 2.92 bits per heavy atom. The lowest BCUT2D eigenvalue weighted by Gasteiger charge is -2.19. The zero-order valence-electron chi connectivity index (χ0n) is 13.9. The number of benzene rings is 1. The minimum absolute atomic E-state index is 0.107. The highest BCUT2D eigenvalue weighted by atomic mass is 16.5. The monoisotopic (exact) mass is 334 g/mol. The predicted octanol–water partition coefficient (Wildman–Crippen LogP) is 2.35. The van der Waals surface area contributed by atoms with Gasteiger partial charge >= 0.3 is 12.0 Å². The van der Waals surface area contributed by atoms with Gasteiger partial charge in [-0.2, -0.15) is 0 Å². The maximum Gasteiger partial charge on any atom is 0.321 e. The molecule has 0 aliphatic carbocycles. The summed E-state index contributed by atoms with van der Waals surface area (Å²) in [5.41, 5.74) is 1.62. The van der Waals surface area contributed by atoms with Gasteiger partial charge in [0.15, 0.2) is 0 Å². The fourth-order valence-corrected chi connectivity index (χ4v) is 3.15. The fraction of sp³-hybridized carbons (Fsp3) is 0.529. The summed E-state index contributed by atoms with van der Waals surface area (Å²) >= 11 is 0. The number of carboxylic acids is 1. The topological polar surface area (TPSA) is 88.1 Å². The summed E-state index contributed by atoms with van der Waals surface area (Å²) in [5.74, 6) is 0.00825. The minimum Gasteiger partial charge on any atom is -0.492 e. The van der Waals surface area contributed by atoms with E-state index in [1.807, 2.05) is 19.9 Å². The number of fused-ring (bicyclic) bond motifs is 1. The number of anilines is 1. The maximum absolute atomic E-state index is 12.4. The summed E-state index contributed by atoms with van der Waals surface area (Å²) in [7, 11) is 0. The zero-order valence-corrected chi connectivity index (χ0v) is 13.9. The van der Waals surface area contributed by atoms with Crippen LogP contribution in [-0.4, -0.2) is 47.8 Å². The second-order valence-corrected chi connectivity index (χ2v) is 6.22. The van der Waals surface area contributed by atoms with Crippen LogP contribution in [0.3, 0.4) is 0 Å². The van der Waals surface area contributed by atoms with Crippen LogP contribution in [0.2, 0.25) is 0 Å². The Morgan fingerprint density at radius 1 is 1.46 bits per heavy atom. The van der Waals surface area contributed by atoms with Gasteiger partial charge in [-0.25, -0.2) is 4.79 Å². The smallest absolute Gasteiger partial charge is 0.321 e. The number of ether oxygens (including phenoxy) is 2. The van der Waals surface area contributed by atoms with E-state index in [4.69, 9.17) is 14.6 Å². The maximum atomic E-state index is 12.4. The molecule has 24 heavy (non-hydrogen) atoms. The molecule has 2 amide bonds. The average molecular weight is 334 g/mol. The second kappa shape index (κ2) is 6.59. The van der Waals surface area contributed by atoms with Crippen molar-refractivity contribution in [2.24, 2.45) is 5.92 Å². The van der Waals surface area contributed by atoms with E-state index in [9.17, 15) is 9.59 Å². The molecule has 1 aromatic rings. The van der Waals surface area contributed by atoms with Crippen molar-refractivity contribution < 1.29 is 24.2 Å². The van der Waals surface area contributed by atoms with E-state index in [2.05, 4.69) is 5.32 Å². The largest absolute Gasteiger partial charge is 0.492 e. The van der Waals surface area contributed by atoms with Crippen LogP contribution in [0.4, 0.5) is 10.5 Å². The Labute approximate surface area is 140 Å². The SMILES string of the molecule is CCOc1cc2c(cc1NC(=O)N1CCC(C(=O)O)C1)OC(C)C2. The first-order valence-electron chi connectivity index (χ1n) is 8.23. The lowest BCUT2D eigenvalue weighted by molar-refractivity contribution is -0.141. The summed E-state index contributed by atoms with van der Waals surface area (Å²) in [6.07, 6.45) is 1.40. The lowest BCUT2D eigenvalue weighted by Crippen LogP contribution is -2.33. The first-order valence-corrected chi connectivity index (χ1v) is 8.23. The molecule has 0 bridgehead atoms. The van der Waals surface area contributed by atoms with E-state index in [0.717, 1.165) is 17.7 Å². The third-order valence-electron chi connectivity index (χ3n) is 4.36. The van der Waals surface area contributed by atoms with Crippen molar-refractivity contribution in [1.29, 1.82) is 0 Å². The molecule has 2 aliphatic rings. The number of likely N-dealkylation sites (tertiary alicyclic amines) is 1. The van der Waals surface area contributed by atoms with Gasteiger partial charge in [0, 0.05) is 31.1 Å². The molecule has 0 spiro atoms. The highest BCUT2D eigenvalue weighted by Crippen LogP contribution is 2.38. The third-order valence-corrected chi connectivity index (χ3v) is 4.36. The highest BCUT2D eigenvalue weighted by Gasteiger charge is 2.31. The average Bonchev–Trinajstić information content (AvgIpc) is 3.13. The molecule has 0 saturated carbocycles. The quantitative estimate of drug-likeness (QED) is 0.882. The van der Waals surface area contributed by atoms with Crippen LogP contribution in [0.1, 0.15) is 25.8 Å². The Kier molecular flexibility index (Phi) is 4.51. The fourth-order valence-electron chi connectivity index (χ4n) is 3.15. The zero-order chi connectivity index (χ0) is 17.3. The van der Waals surface area contributed by atoms with Gasteiger partial charge in [0.1, 0.15) is 17.6 Å². The first kappa shape index (κ1) is 16.4. The van der Waals surface area contributed by atoms with Crippen molar-refractivity contribution in [2.45, 2.75) is 32.8 Å². The summed E-state index contributed by atoms with van der Waals surface area (Å²) in [5, 5.41) is 11.9. The number of nitrogens with one attached hydrogen (secondary N) is 1. The van der Waals surface area contributed by atoms with Gasteiger partial charge < -0.3 is 24.8 Å². The van der Waals surface area contributed by atoms with Crippen LogP contribution < -0.4 is 14.8 Å². The number of rotatable bonds is 4. The molecule has 7 nitrogen and oxygen atoms in total. The number of hydrogen-bond acceptors (Lipinski definition) is 4. The Balaban J connectivity index is 1.75. The molecule has 2 heterocycles. The summed E-state index contributed by atoms with van der Waals surface area (Å²) < 4.78 is 11.4. The van der Waals surface area contributed by atoms with E-state index < -0.39 is 11.9 Å². The molecular formula is C17H22N2O5. The Hall–Kier alpha value is -2.44. The number of carbonyl (C=O) groups excluding carboxylic acids is 1. The van der Waals surface area contributed by atoms with Gasteiger partial charge in [-0.3, -0.25) is 4.79 Å². The molecule has 0 aromatic heterocycles. The number of carboxylic acid groups (broad SMARTS) is 1. The van der Waals surface area contributed by atoms with E-state index in [1.54, 1.807) is 6.07 Å². The second-order valence-electron chi connectivity index (χ2n) is 6.22. The van der Waals surface area contributed by atoms with Gasteiger partial charge in [-0.05, 0) is 26.3 Å². The van der Waals surface area contributed by atoms with Gasteiger partial charge in [0.2, 0.25) is 0 Å². The third kappa shape index (κ3) is 3.25. The van der Waals surface area contributed by atoms with Gasteiger partial charge in [-0.1, -0.05) is 0 Å². The van der Waals surface area contributed by atoms with Crippen molar-refractivity contribution in [1.82, 2.24) is 4.90 Å². The van der Waals surface area contributed by atoms with Crippen LogP contribution in [-0.2, 0) is 11.2 Å². The van der Waals surface area contributed by atoms with E-state index in [1.165, 1.54) is 4.90 Å². The molecule has 1 fully saturated rings.